The predicted octanol–water partition coefficient (Wildman–Crippen LogP) is 2.28. The summed E-state index contributed by atoms with van der Waals surface area (Å²) in [6.07, 6.45) is 7.07. The fourth-order valence-electron chi connectivity index (χ4n) is 2.44. The molecule has 1 saturated carbocycles. The number of allylic oxidation sites excluding steroid dienone is 2. The van der Waals surface area contributed by atoms with Gasteiger partial charge in [-0.3, -0.25) is 9.59 Å². The van der Waals surface area contributed by atoms with Crippen LogP contribution in [0.3, 0.4) is 0 Å². The first kappa shape index (κ1) is 9.63. The van der Waals surface area contributed by atoms with Gasteiger partial charge in [-0.1, -0.05) is 11.6 Å². The summed E-state index contributed by atoms with van der Waals surface area (Å²) in [6, 6.07) is 0. The predicted molar refractivity (Wildman–Crippen MR) is 53.8 cm³/mol. The topological polar surface area (TPSA) is 34.1 Å². The maximum atomic E-state index is 11.7. The number of carbonyl (C=O) groups is 2. The summed E-state index contributed by atoms with van der Waals surface area (Å²) in [4.78, 5) is 23.0. The fourth-order valence-corrected chi connectivity index (χ4v) is 2.44. The Hall–Kier alpha value is -0.920. The van der Waals surface area contributed by atoms with Crippen molar-refractivity contribution in [1.82, 2.24) is 0 Å². The molecule has 0 aromatic heterocycles. The van der Waals surface area contributed by atoms with Crippen LogP contribution in [0, 0.1) is 11.8 Å². The minimum atomic E-state index is -0.331. The van der Waals surface area contributed by atoms with Gasteiger partial charge in [0.05, 0.1) is 5.92 Å². The quantitative estimate of drug-likeness (QED) is 0.497. The van der Waals surface area contributed by atoms with Crippen molar-refractivity contribution in [3.63, 3.8) is 0 Å². The highest BCUT2D eigenvalue weighted by atomic mass is 16.2. The van der Waals surface area contributed by atoms with Crippen LogP contribution in [-0.2, 0) is 9.59 Å². The molecule has 14 heavy (non-hydrogen) atoms. The summed E-state index contributed by atoms with van der Waals surface area (Å²) in [6.45, 7) is 1.74. The van der Waals surface area contributed by atoms with Crippen LogP contribution >= 0.6 is 0 Å². The van der Waals surface area contributed by atoms with E-state index < -0.39 is 0 Å². The van der Waals surface area contributed by atoms with Crippen LogP contribution in [-0.4, -0.2) is 11.6 Å². The van der Waals surface area contributed by atoms with Gasteiger partial charge in [0.15, 0.2) is 0 Å². The molecule has 0 amide bonds. The summed E-state index contributed by atoms with van der Waals surface area (Å²) in [5.74, 6) is -0.0229. The van der Waals surface area contributed by atoms with E-state index in [9.17, 15) is 9.59 Å². The van der Waals surface area contributed by atoms with Gasteiger partial charge in [-0.2, -0.15) is 0 Å². The van der Waals surface area contributed by atoms with Crippen LogP contribution in [0.25, 0.3) is 0 Å². The van der Waals surface area contributed by atoms with Crippen molar-refractivity contribution >= 4 is 11.6 Å². The van der Waals surface area contributed by atoms with Crippen LogP contribution in [0.5, 0.6) is 0 Å². The van der Waals surface area contributed by atoms with Gasteiger partial charge in [0.1, 0.15) is 11.6 Å². The Morgan fingerprint density at radius 3 is 2.71 bits per heavy atom. The van der Waals surface area contributed by atoms with E-state index in [1.54, 1.807) is 6.92 Å². The molecular weight excluding hydrogens is 176 g/mol. The molecule has 0 heterocycles. The van der Waals surface area contributed by atoms with E-state index in [4.69, 9.17) is 0 Å². The third-order valence-corrected chi connectivity index (χ3v) is 3.40. The molecule has 2 aliphatic carbocycles. The molecule has 2 unspecified atom stereocenters. The molecule has 0 saturated heterocycles. The lowest BCUT2D eigenvalue weighted by Gasteiger charge is -2.07. The van der Waals surface area contributed by atoms with Crippen LogP contribution in [0.2, 0.25) is 0 Å². The second kappa shape index (κ2) is 3.68. The molecule has 0 bridgehead atoms. The molecule has 76 valence electrons. The Labute approximate surface area is 84.4 Å². The minimum absolute atomic E-state index is 0.00171. The van der Waals surface area contributed by atoms with Crippen LogP contribution in [0.1, 0.15) is 39.0 Å². The maximum absolute atomic E-state index is 11.7. The molecule has 0 aliphatic heterocycles. The van der Waals surface area contributed by atoms with Crippen LogP contribution < -0.4 is 0 Å². The number of hydrogen-bond acceptors (Lipinski definition) is 2. The Bertz CT molecular complexity index is 301. The third-order valence-electron chi connectivity index (χ3n) is 3.40. The zero-order valence-corrected chi connectivity index (χ0v) is 8.58. The fraction of sp³-hybridized carbons (Fsp3) is 0.667. The van der Waals surface area contributed by atoms with Crippen LogP contribution in [0.15, 0.2) is 11.6 Å². The molecule has 0 aromatic carbocycles. The van der Waals surface area contributed by atoms with Gasteiger partial charge in [-0.05, 0) is 32.6 Å². The van der Waals surface area contributed by atoms with Gasteiger partial charge < -0.3 is 0 Å². The second-order valence-electron chi connectivity index (χ2n) is 4.45. The number of rotatable bonds is 2. The molecule has 0 radical (unpaired) electrons. The van der Waals surface area contributed by atoms with E-state index in [1.165, 1.54) is 12.0 Å². The van der Waals surface area contributed by atoms with E-state index in [0.717, 1.165) is 19.3 Å². The zero-order valence-electron chi connectivity index (χ0n) is 8.58. The van der Waals surface area contributed by atoms with E-state index in [1.807, 2.05) is 0 Å². The maximum Gasteiger partial charge on any atom is 0.146 e. The number of ketones is 2. The zero-order chi connectivity index (χ0) is 10.1. The van der Waals surface area contributed by atoms with Gasteiger partial charge in [-0.15, -0.1) is 0 Å². The van der Waals surface area contributed by atoms with Gasteiger partial charge >= 0.3 is 0 Å². The molecule has 2 nitrogen and oxygen atoms in total. The van der Waals surface area contributed by atoms with Crippen molar-refractivity contribution in [2.45, 2.75) is 39.0 Å². The molecule has 1 fully saturated rings. The summed E-state index contributed by atoms with van der Waals surface area (Å²) < 4.78 is 0. The highest BCUT2D eigenvalue weighted by Gasteiger charge is 2.38. The average molecular weight is 192 g/mol. The third kappa shape index (κ3) is 1.66. The van der Waals surface area contributed by atoms with Gasteiger partial charge in [0.2, 0.25) is 0 Å². The Balaban J connectivity index is 1.99. The van der Waals surface area contributed by atoms with Crippen LogP contribution in [0.4, 0.5) is 0 Å². The summed E-state index contributed by atoms with van der Waals surface area (Å²) in [5, 5.41) is 0. The highest BCUT2D eigenvalue weighted by Crippen LogP contribution is 2.32. The van der Waals surface area contributed by atoms with Crippen molar-refractivity contribution in [2.24, 2.45) is 11.8 Å². The van der Waals surface area contributed by atoms with Gasteiger partial charge in [0, 0.05) is 12.3 Å². The Kier molecular flexibility index (Phi) is 2.53. The SMILES string of the molecule is CC1C(=O)CC(CC2=CCCC2)C1=O. The number of hydrogen-bond donors (Lipinski definition) is 0. The van der Waals surface area contributed by atoms with Crippen molar-refractivity contribution < 1.29 is 9.59 Å². The average Bonchev–Trinajstić information content (AvgIpc) is 2.73. The Morgan fingerprint density at radius 1 is 1.43 bits per heavy atom. The summed E-state index contributed by atoms with van der Waals surface area (Å²) in [7, 11) is 0. The molecular formula is C12H16O2. The standard InChI is InChI=1S/C12H16O2/c1-8-11(13)7-10(12(8)14)6-9-4-2-3-5-9/h4,8,10H,2-3,5-7H2,1H3. The molecule has 0 spiro atoms. The van der Waals surface area contributed by atoms with E-state index in [2.05, 4.69) is 6.08 Å². The molecule has 0 aromatic rings. The Morgan fingerprint density at radius 2 is 2.21 bits per heavy atom. The minimum Gasteiger partial charge on any atom is -0.299 e. The normalized spacial score (nSPS) is 32.5. The highest BCUT2D eigenvalue weighted by molar-refractivity contribution is 6.09. The number of carbonyl (C=O) groups excluding carboxylic acids is 2. The van der Waals surface area contributed by atoms with Gasteiger partial charge in [0.25, 0.3) is 0 Å². The van der Waals surface area contributed by atoms with Crippen molar-refractivity contribution in [2.75, 3.05) is 0 Å². The first-order valence-corrected chi connectivity index (χ1v) is 5.43. The molecule has 2 heteroatoms. The second-order valence-corrected chi connectivity index (χ2v) is 4.45. The monoisotopic (exact) mass is 192 g/mol. The lowest BCUT2D eigenvalue weighted by atomic mass is 9.95. The summed E-state index contributed by atoms with van der Waals surface area (Å²) in [5.41, 5.74) is 1.39. The molecule has 2 rings (SSSR count). The summed E-state index contributed by atoms with van der Waals surface area (Å²) >= 11 is 0. The lowest BCUT2D eigenvalue weighted by molar-refractivity contribution is -0.127. The molecule has 2 atom stereocenters. The van der Waals surface area contributed by atoms with Crippen molar-refractivity contribution in [1.29, 1.82) is 0 Å². The largest absolute Gasteiger partial charge is 0.299 e. The van der Waals surface area contributed by atoms with Crippen molar-refractivity contribution in [3.8, 4) is 0 Å². The lowest BCUT2D eigenvalue weighted by Crippen LogP contribution is -2.13. The number of Topliss-reactive ketones (excluding diaryl/α,β-unsaturated/α-hetero) is 2. The van der Waals surface area contributed by atoms with E-state index in [-0.39, 0.29) is 23.4 Å². The molecule has 0 N–H and O–H groups in total. The smallest absolute Gasteiger partial charge is 0.146 e. The first-order chi connectivity index (χ1) is 6.68. The first-order valence-electron chi connectivity index (χ1n) is 5.43. The van der Waals surface area contributed by atoms with Gasteiger partial charge in [-0.25, -0.2) is 0 Å². The molecule has 2 aliphatic rings. The van der Waals surface area contributed by atoms with E-state index >= 15 is 0 Å². The van der Waals surface area contributed by atoms with Crippen molar-refractivity contribution in [3.05, 3.63) is 11.6 Å². The van der Waals surface area contributed by atoms with E-state index in [0.29, 0.717) is 6.42 Å².